The van der Waals surface area contributed by atoms with E-state index in [1.54, 1.807) is 0 Å². The first-order valence-electron chi connectivity index (χ1n) is 3.37. The molecule has 11 heavy (non-hydrogen) atoms. The summed E-state index contributed by atoms with van der Waals surface area (Å²) in [6.07, 6.45) is 2.16. The van der Waals surface area contributed by atoms with Gasteiger partial charge >= 0.3 is 5.97 Å². The fourth-order valence-corrected chi connectivity index (χ4v) is 0.632. The van der Waals surface area contributed by atoms with Crippen molar-refractivity contribution in [3.63, 3.8) is 0 Å². The summed E-state index contributed by atoms with van der Waals surface area (Å²) < 4.78 is 0. The van der Waals surface area contributed by atoms with Crippen LogP contribution in [0, 0.1) is 40.4 Å². The van der Waals surface area contributed by atoms with Crippen molar-refractivity contribution in [2.45, 2.75) is 25.3 Å². The first-order valence-corrected chi connectivity index (χ1v) is 3.37. The number of hydrogen-bond acceptors (Lipinski definition) is 3. The Labute approximate surface area is 98.8 Å². The second-order valence-electron chi connectivity index (χ2n) is 2.23. The summed E-state index contributed by atoms with van der Waals surface area (Å²) >= 11 is 0. The van der Waals surface area contributed by atoms with Gasteiger partial charge in [-0.25, -0.2) is 0 Å². The van der Waals surface area contributed by atoms with Gasteiger partial charge in [-0.2, -0.15) is 0 Å². The minimum absolute atomic E-state index is 0. The largest absolute Gasteiger partial charge is 0.480 e. The van der Waals surface area contributed by atoms with E-state index in [1.165, 1.54) is 0 Å². The van der Waals surface area contributed by atoms with Crippen molar-refractivity contribution >= 4 is 5.97 Å². The maximum absolute atomic E-state index is 10.1. The SMILES string of the molecule is NCCCC[C@H](N)C(=O)O.[Sm]. The van der Waals surface area contributed by atoms with Crippen molar-refractivity contribution in [2.24, 2.45) is 11.5 Å². The molecule has 0 fully saturated rings. The molecule has 0 spiro atoms. The zero-order valence-electron chi connectivity index (χ0n) is 6.32. The van der Waals surface area contributed by atoms with Gasteiger partial charge < -0.3 is 16.6 Å². The topological polar surface area (TPSA) is 89.3 Å². The predicted molar refractivity (Wildman–Crippen MR) is 38.5 cm³/mol. The minimum atomic E-state index is -0.933. The zero-order chi connectivity index (χ0) is 7.98. The van der Waals surface area contributed by atoms with Crippen LogP contribution in [-0.2, 0) is 4.79 Å². The molecule has 0 aliphatic carbocycles. The Hall–Kier alpha value is 0.728. The van der Waals surface area contributed by atoms with E-state index in [1.807, 2.05) is 0 Å². The van der Waals surface area contributed by atoms with Crippen LogP contribution in [0.3, 0.4) is 0 Å². The number of unbranched alkanes of at least 4 members (excludes halogenated alkanes) is 1. The first-order chi connectivity index (χ1) is 4.68. The minimum Gasteiger partial charge on any atom is -0.480 e. The van der Waals surface area contributed by atoms with Crippen molar-refractivity contribution in [3.8, 4) is 0 Å². The maximum Gasteiger partial charge on any atom is 0.320 e. The molecule has 0 aromatic heterocycles. The van der Waals surface area contributed by atoms with Crippen molar-refractivity contribution < 1.29 is 50.3 Å². The molecule has 0 rings (SSSR count). The van der Waals surface area contributed by atoms with Gasteiger partial charge in [0.2, 0.25) is 0 Å². The Balaban J connectivity index is 0. The number of rotatable bonds is 5. The molecular formula is C6H14N2O2Sm. The van der Waals surface area contributed by atoms with Crippen LogP contribution in [0.25, 0.3) is 0 Å². The van der Waals surface area contributed by atoms with E-state index < -0.39 is 12.0 Å². The van der Waals surface area contributed by atoms with E-state index >= 15 is 0 Å². The fourth-order valence-electron chi connectivity index (χ4n) is 0.632. The standard InChI is InChI=1S/C6H14N2O2.Sm/c7-4-2-1-3-5(8)6(9)10;/h5H,1-4,7-8H2,(H,9,10);/t5-;/m0./s1. The molecule has 4 nitrogen and oxygen atoms in total. The van der Waals surface area contributed by atoms with E-state index in [0.29, 0.717) is 13.0 Å². The van der Waals surface area contributed by atoms with Gasteiger partial charge in [-0.1, -0.05) is 6.42 Å². The Kier molecular flexibility index (Phi) is 11.4. The average molecular weight is 297 g/mol. The van der Waals surface area contributed by atoms with Crippen LogP contribution < -0.4 is 11.5 Å². The Morgan fingerprint density at radius 2 is 2.00 bits per heavy atom. The van der Waals surface area contributed by atoms with Crippen molar-refractivity contribution in [1.82, 2.24) is 0 Å². The summed E-state index contributed by atoms with van der Waals surface area (Å²) in [5.41, 5.74) is 10.4. The Morgan fingerprint density at radius 3 is 2.36 bits per heavy atom. The number of nitrogens with two attached hydrogens (primary N) is 2. The molecule has 5 N–H and O–H groups in total. The molecule has 0 heterocycles. The van der Waals surface area contributed by atoms with E-state index in [9.17, 15) is 4.79 Å². The predicted octanol–water partition coefficient (Wildman–Crippen LogP) is -0.473. The summed E-state index contributed by atoms with van der Waals surface area (Å²) in [4.78, 5) is 10.1. The number of aliphatic carboxylic acids is 1. The van der Waals surface area contributed by atoms with E-state index in [2.05, 4.69) is 0 Å². The zero-order valence-corrected chi connectivity index (χ0v) is 8.94. The van der Waals surface area contributed by atoms with Gasteiger partial charge in [-0.15, -0.1) is 0 Å². The van der Waals surface area contributed by atoms with E-state index in [4.69, 9.17) is 16.6 Å². The van der Waals surface area contributed by atoms with Crippen molar-refractivity contribution in [1.29, 1.82) is 0 Å². The molecule has 0 bridgehead atoms. The molecule has 0 unspecified atom stereocenters. The monoisotopic (exact) mass is 298 g/mol. The van der Waals surface area contributed by atoms with Gasteiger partial charge in [-0.05, 0) is 19.4 Å². The third-order valence-corrected chi connectivity index (χ3v) is 1.29. The molecule has 66 valence electrons. The number of carbonyl (C=O) groups is 1. The maximum atomic E-state index is 10.1. The van der Waals surface area contributed by atoms with Gasteiger partial charge in [0, 0.05) is 40.4 Å². The van der Waals surface area contributed by atoms with E-state index in [0.717, 1.165) is 12.8 Å². The number of carboxylic acid groups (broad SMARTS) is 1. The summed E-state index contributed by atoms with van der Waals surface area (Å²) in [6, 6.07) is -0.716. The van der Waals surface area contributed by atoms with Gasteiger partial charge in [-0.3, -0.25) is 4.79 Å². The van der Waals surface area contributed by atoms with Crippen LogP contribution in [0.4, 0.5) is 0 Å². The normalized spacial score (nSPS) is 11.8. The molecule has 0 radical (unpaired) electrons. The second kappa shape index (κ2) is 8.82. The molecule has 1 atom stereocenters. The van der Waals surface area contributed by atoms with Crippen molar-refractivity contribution in [2.75, 3.05) is 6.54 Å². The number of carboxylic acids is 1. The van der Waals surface area contributed by atoms with Crippen LogP contribution in [0.2, 0.25) is 0 Å². The molecular weight excluding hydrogens is 282 g/mol. The molecule has 0 aliphatic rings. The third-order valence-electron chi connectivity index (χ3n) is 1.29. The van der Waals surface area contributed by atoms with Crippen LogP contribution in [0.15, 0.2) is 0 Å². The molecule has 5 heteroatoms. The van der Waals surface area contributed by atoms with Crippen LogP contribution >= 0.6 is 0 Å². The molecule has 0 aliphatic heterocycles. The Bertz CT molecular complexity index is 111. The molecule has 0 saturated heterocycles. The molecule has 0 saturated carbocycles. The molecule has 0 aromatic carbocycles. The fraction of sp³-hybridized carbons (Fsp3) is 0.833. The van der Waals surface area contributed by atoms with Gasteiger partial charge in [0.15, 0.2) is 0 Å². The first kappa shape index (κ1) is 14.3. The molecule has 0 amide bonds. The summed E-state index contributed by atoms with van der Waals surface area (Å²) in [7, 11) is 0. The second-order valence-corrected chi connectivity index (χ2v) is 2.23. The van der Waals surface area contributed by atoms with Crippen LogP contribution in [-0.4, -0.2) is 23.7 Å². The van der Waals surface area contributed by atoms with Crippen molar-refractivity contribution in [3.05, 3.63) is 0 Å². The molecule has 0 aromatic rings. The third kappa shape index (κ3) is 8.64. The van der Waals surface area contributed by atoms with Gasteiger partial charge in [0.25, 0.3) is 0 Å². The Morgan fingerprint density at radius 1 is 1.45 bits per heavy atom. The quantitative estimate of drug-likeness (QED) is 0.598. The van der Waals surface area contributed by atoms with Crippen LogP contribution in [0.5, 0.6) is 0 Å². The smallest absolute Gasteiger partial charge is 0.320 e. The number of hydrogen-bond donors (Lipinski definition) is 3. The van der Waals surface area contributed by atoms with E-state index in [-0.39, 0.29) is 40.4 Å². The average Bonchev–Trinajstić information content (AvgIpc) is 1.88. The summed E-state index contributed by atoms with van der Waals surface area (Å²) in [5, 5.41) is 8.33. The summed E-state index contributed by atoms with van der Waals surface area (Å²) in [5.74, 6) is -0.933. The summed E-state index contributed by atoms with van der Waals surface area (Å²) in [6.45, 7) is 0.604. The van der Waals surface area contributed by atoms with Gasteiger partial charge in [0.05, 0.1) is 0 Å². The van der Waals surface area contributed by atoms with Crippen LogP contribution in [0.1, 0.15) is 19.3 Å². The van der Waals surface area contributed by atoms with Gasteiger partial charge in [0.1, 0.15) is 6.04 Å².